The Bertz CT molecular complexity index is 417. The van der Waals surface area contributed by atoms with Crippen molar-refractivity contribution in [3.05, 3.63) is 29.3 Å². The van der Waals surface area contributed by atoms with Gasteiger partial charge in [-0.1, -0.05) is 6.07 Å². The van der Waals surface area contributed by atoms with Crippen LogP contribution in [0.1, 0.15) is 31.4 Å². The average Bonchev–Trinajstić information content (AvgIpc) is 2.49. The molecule has 0 heterocycles. The van der Waals surface area contributed by atoms with Crippen molar-refractivity contribution in [1.82, 2.24) is 4.90 Å². The lowest BCUT2D eigenvalue weighted by atomic mass is 9.89. The molecule has 1 aromatic rings. The van der Waals surface area contributed by atoms with Crippen molar-refractivity contribution < 1.29 is 9.53 Å². The Morgan fingerprint density at radius 1 is 1.35 bits per heavy atom. The lowest BCUT2D eigenvalue weighted by molar-refractivity contribution is -0.117. The molecule has 2 N–H and O–H groups in total. The van der Waals surface area contributed by atoms with Crippen LogP contribution in [-0.2, 0) is 17.6 Å². The largest absolute Gasteiger partial charge is 0.497 e. The van der Waals surface area contributed by atoms with Gasteiger partial charge in [-0.25, -0.2) is 0 Å². The Labute approximate surface area is 121 Å². The molecule has 1 unspecified atom stereocenters. The molecular weight excluding hydrogens is 252 g/mol. The number of carbonyl (C=O) groups is 1. The molecule has 0 saturated heterocycles. The van der Waals surface area contributed by atoms with E-state index in [1.807, 2.05) is 19.9 Å². The highest BCUT2D eigenvalue weighted by Crippen LogP contribution is 2.24. The van der Waals surface area contributed by atoms with Crippen molar-refractivity contribution in [3.63, 3.8) is 0 Å². The summed E-state index contributed by atoms with van der Waals surface area (Å²) >= 11 is 0. The highest BCUT2D eigenvalue weighted by atomic mass is 16.5. The Hall–Kier alpha value is -1.55. The summed E-state index contributed by atoms with van der Waals surface area (Å²) < 4.78 is 5.17. The van der Waals surface area contributed by atoms with Crippen molar-refractivity contribution in [2.75, 3.05) is 20.2 Å². The zero-order chi connectivity index (χ0) is 15.0. The zero-order valence-corrected chi connectivity index (χ0v) is 12.8. The van der Waals surface area contributed by atoms with Crippen molar-refractivity contribution in [3.8, 4) is 5.75 Å². The number of benzene rings is 1. The predicted octanol–water partition coefficient (Wildman–Crippen LogP) is 2.00. The molecule has 0 aliphatic heterocycles. The van der Waals surface area contributed by atoms with Gasteiger partial charge in [0.25, 0.3) is 0 Å². The molecule has 1 aliphatic rings. The summed E-state index contributed by atoms with van der Waals surface area (Å²) in [6.45, 7) is 5.55. The summed E-state index contributed by atoms with van der Waals surface area (Å²) in [6, 6.07) is 6.61. The van der Waals surface area contributed by atoms with E-state index >= 15 is 0 Å². The summed E-state index contributed by atoms with van der Waals surface area (Å²) in [6.07, 6.45) is 4.08. The number of amides is 1. The van der Waals surface area contributed by atoms with Crippen molar-refractivity contribution in [2.45, 2.75) is 39.2 Å². The molecule has 0 spiro atoms. The van der Waals surface area contributed by atoms with Crippen LogP contribution in [0.25, 0.3) is 0 Å². The van der Waals surface area contributed by atoms with Crippen molar-refractivity contribution in [2.24, 2.45) is 5.73 Å². The molecule has 4 nitrogen and oxygen atoms in total. The highest BCUT2D eigenvalue weighted by molar-refractivity contribution is 5.46. The molecule has 0 bridgehead atoms. The van der Waals surface area contributed by atoms with E-state index in [9.17, 15) is 4.79 Å². The smallest absolute Gasteiger partial charge is 0.209 e. The molecule has 1 aromatic carbocycles. The Balaban J connectivity index is 0.000000246. The summed E-state index contributed by atoms with van der Waals surface area (Å²) in [5, 5.41) is 0. The van der Waals surface area contributed by atoms with Gasteiger partial charge in [-0.3, -0.25) is 4.79 Å². The quantitative estimate of drug-likeness (QED) is 0.857. The summed E-state index contributed by atoms with van der Waals surface area (Å²) in [7, 11) is 1.70. The number of hydrogen-bond donors (Lipinski definition) is 1. The van der Waals surface area contributed by atoms with Gasteiger partial charge in [0, 0.05) is 19.1 Å². The third kappa shape index (κ3) is 4.85. The van der Waals surface area contributed by atoms with Crippen molar-refractivity contribution >= 4 is 6.41 Å². The van der Waals surface area contributed by atoms with E-state index in [2.05, 4.69) is 12.1 Å². The first-order chi connectivity index (χ1) is 9.64. The number of aryl methyl sites for hydroxylation is 1. The van der Waals surface area contributed by atoms with E-state index in [0.29, 0.717) is 6.04 Å². The number of fused-ring (bicyclic) bond motifs is 1. The van der Waals surface area contributed by atoms with Gasteiger partial charge in [0.2, 0.25) is 6.41 Å². The third-order valence-electron chi connectivity index (χ3n) is 3.64. The normalized spacial score (nSPS) is 16.5. The van der Waals surface area contributed by atoms with E-state index in [0.717, 1.165) is 44.5 Å². The molecule has 0 aromatic heterocycles. The lowest BCUT2D eigenvalue weighted by Gasteiger charge is -2.21. The maximum absolute atomic E-state index is 9.89. The first kappa shape index (κ1) is 16.5. The van der Waals surface area contributed by atoms with E-state index in [4.69, 9.17) is 10.5 Å². The first-order valence-electron chi connectivity index (χ1n) is 7.25. The van der Waals surface area contributed by atoms with Gasteiger partial charge in [-0.05, 0) is 56.4 Å². The number of nitrogens with two attached hydrogens (primary N) is 1. The lowest BCUT2D eigenvalue weighted by Crippen LogP contribution is -2.27. The molecule has 1 aliphatic carbocycles. The van der Waals surface area contributed by atoms with E-state index in [1.54, 1.807) is 12.0 Å². The van der Waals surface area contributed by atoms with Crippen LogP contribution in [0.15, 0.2) is 18.2 Å². The number of rotatable bonds is 4. The monoisotopic (exact) mass is 278 g/mol. The predicted molar refractivity (Wildman–Crippen MR) is 82.0 cm³/mol. The second kappa shape index (κ2) is 8.59. The summed E-state index contributed by atoms with van der Waals surface area (Å²) in [5.41, 5.74) is 8.69. The van der Waals surface area contributed by atoms with Crippen LogP contribution in [0.3, 0.4) is 0 Å². The molecule has 0 radical (unpaired) electrons. The molecular formula is C16H26N2O2. The third-order valence-corrected chi connectivity index (χ3v) is 3.64. The van der Waals surface area contributed by atoms with E-state index in [1.165, 1.54) is 11.1 Å². The van der Waals surface area contributed by atoms with Gasteiger partial charge in [-0.15, -0.1) is 0 Å². The fraction of sp³-hybridized carbons (Fsp3) is 0.562. The number of nitrogens with zero attached hydrogens (tertiary/aromatic N) is 1. The van der Waals surface area contributed by atoms with Crippen LogP contribution in [0.5, 0.6) is 5.75 Å². The van der Waals surface area contributed by atoms with Gasteiger partial charge in [-0.2, -0.15) is 0 Å². The van der Waals surface area contributed by atoms with Gasteiger partial charge < -0.3 is 15.4 Å². The minimum absolute atomic E-state index is 0.333. The summed E-state index contributed by atoms with van der Waals surface area (Å²) in [4.78, 5) is 11.6. The van der Waals surface area contributed by atoms with Gasteiger partial charge in [0.15, 0.2) is 0 Å². The van der Waals surface area contributed by atoms with Gasteiger partial charge >= 0.3 is 0 Å². The van der Waals surface area contributed by atoms with Crippen LogP contribution >= 0.6 is 0 Å². The number of methoxy groups -OCH3 is 1. The van der Waals surface area contributed by atoms with Crippen LogP contribution in [-0.4, -0.2) is 37.6 Å². The minimum Gasteiger partial charge on any atom is -0.497 e. The molecule has 0 saturated carbocycles. The maximum atomic E-state index is 9.89. The van der Waals surface area contributed by atoms with Crippen LogP contribution in [0.2, 0.25) is 0 Å². The molecule has 20 heavy (non-hydrogen) atoms. The molecule has 0 fully saturated rings. The maximum Gasteiger partial charge on any atom is 0.209 e. The fourth-order valence-corrected chi connectivity index (χ4v) is 2.26. The Kier molecular flexibility index (Phi) is 7.09. The van der Waals surface area contributed by atoms with Crippen LogP contribution in [0.4, 0.5) is 0 Å². The topological polar surface area (TPSA) is 55.6 Å². The van der Waals surface area contributed by atoms with Crippen LogP contribution < -0.4 is 10.5 Å². The number of hydrogen-bond acceptors (Lipinski definition) is 3. The minimum atomic E-state index is 0.333. The van der Waals surface area contributed by atoms with Gasteiger partial charge in [0.05, 0.1) is 7.11 Å². The Morgan fingerprint density at radius 2 is 2.05 bits per heavy atom. The van der Waals surface area contributed by atoms with Crippen molar-refractivity contribution in [1.29, 1.82) is 0 Å². The van der Waals surface area contributed by atoms with E-state index < -0.39 is 0 Å². The molecule has 4 heteroatoms. The molecule has 112 valence electrons. The molecule has 1 amide bonds. The SMILES string of the molecule is CCN(C=O)CC.COc1ccc2c(c1)CC(N)CC2. The number of carbonyl (C=O) groups excluding carboxylic acids is 1. The Morgan fingerprint density at radius 3 is 2.55 bits per heavy atom. The standard InChI is InChI=1S/C11H15NO.C5H11NO/c1-13-11-5-3-8-2-4-10(12)6-9(8)7-11;1-3-6(4-2)5-7/h3,5,7,10H,2,4,6,12H2,1H3;5H,3-4H2,1-2H3. The van der Waals surface area contributed by atoms with Crippen LogP contribution in [0, 0.1) is 0 Å². The second-order valence-corrected chi connectivity index (χ2v) is 4.96. The summed E-state index contributed by atoms with van der Waals surface area (Å²) in [5.74, 6) is 0.938. The molecule has 1 atom stereocenters. The second-order valence-electron chi connectivity index (χ2n) is 4.96. The van der Waals surface area contributed by atoms with Gasteiger partial charge in [0.1, 0.15) is 5.75 Å². The number of ether oxygens (including phenoxy) is 1. The average molecular weight is 278 g/mol. The molecule has 2 rings (SSSR count). The first-order valence-corrected chi connectivity index (χ1v) is 7.25. The highest BCUT2D eigenvalue weighted by Gasteiger charge is 2.15. The van der Waals surface area contributed by atoms with E-state index in [-0.39, 0.29) is 0 Å². The zero-order valence-electron chi connectivity index (χ0n) is 12.8. The fourth-order valence-electron chi connectivity index (χ4n) is 2.26.